The molecule has 0 unspecified atom stereocenters. The van der Waals surface area contributed by atoms with Gasteiger partial charge in [0, 0.05) is 0 Å². The Hall–Kier alpha value is 2.40. The van der Waals surface area contributed by atoms with Crippen LogP contribution in [0.4, 0.5) is 0 Å². The van der Waals surface area contributed by atoms with Gasteiger partial charge >= 0.3 is 121 Å². The molecular formula is H5CaCr2NaO7. The van der Waals surface area contributed by atoms with Crippen LogP contribution in [0.2, 0.25) is 0 Å². The van der Waals surface area contributed by atoms with Crippen molar-refractivity contribution >= 4 is 67.3 Å². The standard InChI is InChI=1S/Ca.2Cr.Na.2H2O.5O.3H/h;;;;2*1H2;;;;;;;;/q;2*+1;;;;;;;;;;;/p-2. The first-order valence-corrected chi connectivity index (χ1v) is 5.63. The van der Waals surface area contributed by atoms with Crippen LogP contribution in [0.3, 0.4) is 0 Å². The zero-order chi connectivity index (χ0) is 7.71. The summed E-state index contributed by atoms with van der Waals surface area (Å²) in [4.78, 5) is 0. The summed E-state index contributed by atoms with van der Waals surface area (Å²) in [6.07, 6.45) is 0. The van der Waals surface area contributed by atoms with Crippen molar-refractivity contribution in [3.05, 3.63) is 0 Å². The van der Waals surface area contributed by atoms with Crippen molar-refractivity contribution in [2.75, 3.05) is 0 Å². The van der Waals surface area contributed by atoms with E-state index in [0.29, 0.717) is 0 Å². The molecule has 0 aliphatic carbocycles. The molecule has 0 amide bonds. The zero-order valence-electron chi connectivity index (χ0n) is 3.75. The molecule has 0 aromatic carbocycles. The molecule has 0 radical (unpaired) electrons. The van der Waals surface area contributed by atoms with Gasteiger partial charge in [-0.05, 0) is 0 Å². The van der Waals surface area contributed by atoms with Crippen LogP contribution >= 0.6 is 0 Å². The fraction of sp³-hybridized carbons (Fsp3) is 0. The van der Waals surface area contributed by atoms with E-state index in [1.165, 1.54) is 0 Å². The summed E-state index contributed by atoms with van der Waals surface area (Å²) >= 11 is -11.5. The topological polar surface area (TPSA) is 118 Å². The van der Waals surface area contributed by atoms with Crippen molar-refractivity contribution in [2.45, 2.75) is 0 Å². The van der Waals surface area contributed by atoms with Crippen molar-refractivity contribution < 1.29 is 53.6 Å². The molecule has 0 aromatic heterocycles. The van der Waals surface area contributed by atoms with E-state index in [0.717, 1.165) is 0 Å². The number of rotatable bonds is 2. The fourth-order valence-electron chi connectivity index (χ4n) is 0.109. The third-order valence-electron chi connectivity index (χ3n) is 0.172. The number of hydrogen-bond donors (Lipinski definition) is 2. The van der Waals surface area contributed by atoms with Gasteiger partial charge < -0.3 is 0 Å². The maximum atomic E-state index is 9.53. The second-order valence-corrected chi connectivity index (χ2v) is 4.68. The molecule has 0 saturated carbocycles. The molecule has 0 aliphatic heterocycles. The van der Waals surface area contributed by atoms with Gasteiger partial charge in [0.1, 0.15) is 0 Å². The second kappa shape index (κ2) is 6.80. The molecule has 11 heteroatoms. The van der Waals surface area contributed by atoms with Gasteiger partial charge in [-0.25, -0.2) is 0 Å². The normalized spacial score (nSPS) is 11.1. The van der Waals surface area contributed by atoms with E-state index in [-0.39, 0.29) is 67.3 Å². The molecule has 0 aromatic rings. The van der Waals surface area contributed by atoms with E-state index in [1.807, 2.05) is 0 Å². The molecule has 0 saturated heterocycles. The fourth-order valence-corrected chi connectivity index (χ4v) is 1.85. The summed E-state index contributed by atoms with van der Waals surface area (Å²) in [5, 5.41) is 0. The average Bonchev–Trinajstić information content (AvgIpc) is 1.14. The van der Waals surface area contributed by atoms with Crippen LogP contribution in [0.15, 0.2) is 0 Å². The molecule has 0 fully saturated rings. The minimum absolute atomic E-state index is 0. The number of hydrogen-bond acceptors (Lipinski definition) is 5. The van der Waals surface area contributed by atoms with Gasteiger partial charge in [-0.2, -0.15) is 0 Å². The Balaban J connectivity index is -0.000000320. The van der Waals surface area contributed by atoms with E-state index in [9.17, 15) is 15.2 Å². The van der Waals surface area contributed by atoms with Crippen LogP contribution in [0.1, 0.15) is 0 Å². The van der Waals surface area contributed by atoms with Gasteiger partial charge in [0.2, 0.25) is 0 Å². The summed E-state index contributed by atoms with van der Waals surface area (Å²) in [6, 6.07) is 0. The molecule has 0 rings (SSSR count). The zero-order valence-corrected chi connectivity index (χ0v) is 6.30. The van der Waals surface area contributed by atoms with Crippen LogP contribution in [0.25, 0.3) is 0 Å². The molecule has 7 nitrogen and oxygen atoms in total. The van der Waals surface area contributed by atoms with Crippen LogP contribution in [-0.2, 0) is 45.3 Å². The summed E-state index contributed by atoms with van der Waals surface area (Å²) in [5.41, 5.74) is 0. The first kappa shape index (κ1) is 19.1. The van der Waals surface area contributed by atoms with Crippen molar-refractivity contribution in [1.29, 1.82) is 0 Å². The summed E-state index contributed by atoms with van der Waals surface area (Å²) in [7, 11) is 0. The Bertz CT molecular complexity index is 242. The van der Waals surface area contributed by atoms with Crippen molar-refractivity contribution in [3.63, 3.8) is 0 Å². The maximum absolute atomic E-state index is 9.53. The van der Waals surface area contributed by atoms with Crippen molar-refractivity contribution in [2.24, 2.45) is 0 Å². The van der Waals surface area contributed by atoms with Crippen molar-refractivity contribution in [3.8, 4) is 0 Å². The van der Waals surface area contributed by atoms with Gasteiger partial charge in [0.15, 0.2) is 0 Å². The van der Waals surface area contributed by atoms with Gasteiger partial charge in [0.25, 0.3) is 0 Å². The summed E-state index contributed by atoms with van der Waals surface area (Å²) in [6.45, 7) is 0. The Labute approximate surface area is 119 Å². The Kier molecular flexibility index (Phi) is 11.8. The van der Waals surface area contributed by atoms with E-state index < -0.39 is 27.2 Å². The van der Waals surface area contributed by atoms with Crippen LogP contribution in [0.5, 0.6) is 0 Å². The monoisotopic (exact) mass is 284 g/mol. The third kappa shape index (κ3) is 19.0. The Morgan fingerprint density at radius 3 is 1.09 bits per heavy atom. The van der Waals surface area contributed by atoms with E-state index in [2.05, 4.69) is 2.84 Å². The SMILES string of the molecule is [CaH2].[NaH].[O]=[Cr](=[O])([OH])[O][Cr](=[O])(=[O])[OH]. The Morgan fingerprint density at radius 1 is 0.909 bits per heavy atom. The molecule has 0 atom stereocenters. The first-order chi connectivity index (χ1) is 3.71. The molecule has 2 N–H and O–H groups in total. The van der Waals surface area contributed by atoms with Gasteiger partial charge in [-0.1, -0.05) is 0 Å². The predicted octanol–water partition coefficient (Wildman–Crippen LogP) is -3.23. The first-order valence-electron chi connectivity index (χ1n) is 1.37. The van der Waals surface area contributed by atoms with E-state index in [1.54, 1.807) is 0 Å². The van der Waals surface area contributed by atoms with Crippen LogP contribution < -0.4 is 0 Å². The molecular weight excluding hydrogens is 279 g/mol. The van der Waals surface area contributed by atoms with Crippen molar-refractivity contribution in [1.82, 2.24) is 0 Å². The molecule has 0 aliphatic rings. The van der Waals surface area contributed by atoms with Gasteiger partial charge in [-0.3, -0.25) is 0 Å². The predicted molar refractivity (Wildman–Crippen MR) is 24.0 cm³/mol. The van der Waals surface area contributed by atoms with Gasteiger partial charge in [-0.15, -0.1) is 0 Å². The van der Waals surface area contributed by atoms with E-state index >= 15 is 0 Å². The van der Waals surface area contributed by atoms with E-state index in [4.69, 9.17) is 8.32 Å². The molecule has 11 heavy (non-hydrogen) atoms. The van der Waals surface area contributed by atoms with Crippen LogP contribution in [0, 0.1) is 0 Å². The van der Waals surface area contributed by atoms with Crippen LogP contribution in [-0.4, -0.2) is 75.6 Å². The molecule has 0 heterocycles. The molecule has 0 spiro atoms. The second-order valence-electron chi connectivity index (χ2n) is 0.924. The summed E-state index contributed by atoms with van der Waals surface area (Å²) < 4.78 is 56.3. The molecule has 0 bridgehead atoms. The quantitative estimate of drug-likeness (QED) is 0.512. The minimum atomic E-state index is -5.76. The summed E-state index contributed by atoms with van der Waals surface area (Å²) in [5.74, 6) is 0. The van der Waals surface area contributed by atoms with Gasteiger partial charge in [0.05, 0.1) is 0 Å². The average molecular weight is 284 g/mol. The third-order valence-corrected chi connectivity index (χ3v) is 2.92. The Morgan fingerprint density at radius 2 is 1.09 bits per heavy atom. The molecule has 62 valence electrons.